The lowest BCUT2D eigenvalue weighted by Gasteiger charge is -2.12. The van der Waals surface area contributed by atoms with Gasteiger partial charge in [-0.15, -0.1) is 0 Å². The number of nitrogens with one attached hydrogen (secondary N) is 1. The second kappa shape index (κ2) is 7.72. The third-order valence-electron chi connectivity index (χ3n) is 4.93. The summed E-state index contributed by atoms with van der Waals surface area (Å²) < 4.78 is 2.05. The molecule has 144 valence electrons. The van der Waals surface area contributed by atoms with E-state index in [0.717, 1.165) is 17.1 Å². The summed E-state index contributed by atoms with van der Waals surface area (Å²) in [5, 5.41) is 2.81. The molecule has 0 unspecified atom stereocenters. The SMILES string of the molecule is Cc1cc(C(=O)Nc2ccccc2C(N)=O)c(C)n1-c1ccc(C(C)C)cc1. The van der Waals surface area contributed by atoms with Crippen molar-refractivity contribution in [1.29, 1.82) is 0 Å². The highest BCUT2D eigenvalue weighted by Gasteiger charge is 2.18. The zero-order valence-electron chi connectivity index (χ0n) is 16.6. The lowest BCUT2D eigenvalue weighted by molar-refractivity contribution is 0.100. The number of anilines is 1. The minimum Gasteiger partial charge on any atom is -0.366 e. The van der Waals surface area contributed by atoms with E-state index in [9.17, 15) is 9.59 Å². The first-order valence-corrected chi connectivity index (χ1v) is 9.29. The summed E-state index contributed by atoms with van der Waals surface area (Å²) >= 11 is 0. The van der Waals surface area contributed by atoms with Gasteiger partial charge in [0.15, 0.2) is 0 Å². The molecular formula is C23H25N3O2. The van der Waals surface area contributed by atoms with Gasteiger partial charge in [-0.3, -0.25) is 9.59 Å². The average molecular weight is 375 g/mol. The Balaban J connectivity index is 1.93. The molecule has 28 heavy (non-hydrogen) atoms. The van der Waals surface area contributed by atoms with Crippen molar-refractivity contribution in [3.8, 4) is 5.69 Å². The maximum atomic E-state index is 12.9. The predicted molar refractivity (Wildman–Crippen MR) is 112 cm³/mol. The highest BCUT2D eigenvalue weighted by Crippen LogP contribution is 2.24. The van der Waals surface area contributed by atoms with Crippen molar-refractivity contribution in [3.63, 3.8) is 0 Å². The Hall–Kier alpha value is -3.34. The van der Waals surface area contributed by atoms with Crippen LogP contribution in [0.5, 0.6) is 0 Å². The van der Waals surface area contributed by atoms with Gasteiger partial charge in [0.2, 0.25) is 0 Å². The molecule has 2 amide bonds. The van der Waals surface area contributed by atoms with Crippen molar-refractivity contribution >= 4 is 17.5 Å². The molecule has 3 rings (SSSR count). The van der Waals surface area contributed by atoms with Gasteiger partial charge >= 0.3 is 0 Å². The summed E-state index contributed by atoms with van der Waals surface area (Å²) in [7, 11) is 0. The molecule has 3 aromatic rings. The molecule has 1 heterocycles. The first-order chi connectivity index (χ1) is 13.3. The molecule has 5 nitrogen and oxygen atoms in total. The third-order valence-corrected chi connectivity index (χ3v) is 4.93. The Morgan fingerprint density at radius 3 is 2.21 bits per heavy atom. The van der Waals surface area contributed by atoms with Crippen LogP contribution in [0.2, 0.25) is 0 Å². The summed E-state index contributed by atoms with van der Waals surface area (Å²) in [6, 6.07) is 16.9. The molecule has 0 bridgehead atoms. The highest BCUT2D eigenvalue weighted by molar-refractivity contribution is 6.09. The number of hydrogen-bond acceptors (Lipinski definition) is 2. The molecule has 3 N–H and O–H groups in total. The van der Waals surface area contributed by atoms with Gasteiger partial charge in [-0.2, -0.15) is 0 Å². The topological polar surface area (TPSA) is 77.1 Å². The lowest BCUT2D eigenvalue weighted by atomic mass is 10.0. The molecule has 2 aromatic carbocycles. The maximum absolute atomic E-state index is 12.9. The molecule has 0 saturated carbocycles. The number of hydrogen-bond donors (Lipinski definition) is 2. The van der Waals surface area contributed by atoms with Crippen molar-refractivity contribution in [1.82, 2.24) is 4.57 Å². The van der Waals surface area contributed by atoms with Crippen LogP contribution in [0, 0.1) is 13.8 Å². The number of para-hydroxylation sites is 1. The van der Waals surface area contributed by atoms with Crippen LogP contribution in [0.4, 0.5) is 5.69 Å². The second-order valence-electron chi connectivity index (χ2n) is 7.23. The monoisotopic (exact) mass is 375 g/mol. The Kier molecular flexibility index (Phi) is 5.36. The van der Waals surface area contributed by atoms with Gasteiger partial charge in [-0.1, -0.05) is 38.1 Å². The molecule has 0 fully saturated rings. The molecule has 1 aromatic heterocycles. The van der Waals surface area contributed by atoms with Crippen LogP contribution >= 0.6 is 0 Å². The van der Waals surface area contributed by atoms with E-state index < -0.39 is 5.91 Å². The zero-order chi connectivity index (χ0) is 20.4. The van der Waals surface area contributed by atoms with Gasteiger partial charge < -0.3 is 15.6 Å². The second-order valence-corrected chi connectivity index (χ2v) is 7.23. The number of benzene rings is 2. The molecule has 0 spiro atoms. The van der Waals surface area contributed by atoms with Crippen LogP contribution in [0.15, 0.2) is 54.6 Å². The van der Waals surface area contributed by atoms with Crippen LogP contribution in [0.3, 0.4) is 0 Å². The number of carbonyl (C=O) groups excluding carboxylic acids is 2. The van der Waals surface area contributed by atoms with Crippen LogP contribution < -0.4 is 11.1 Å². The van der Waals surface area contributed by atoms with Gasteiger partial charge in [0.25, 0.3) is 11.8 Å². The number of nitrogens with zero attached hydrogens (tertiary/aromatic N) is 1. The van der Waals surface area contributed by atoms with Gasteiger partial charge in [-0.05, 0) is 55.7 Å². The largest absolute Gasteiger partial charge is 0.366 e. The van der Waals surface area contributed by atoms with Gasteiger partial charge in [-0.25, -0.2) is 0 Å². The number of primary amides is 1. The fraction of sp³-hybridized carbons (Fsp3) is 0.217. The maximum Gasteiger partial charge on any atom is 0.257 e. The molecule has 0 atom stereocenters. The normalized spacial score (nSPS) is 10.9. The molecular weight excluding hydrogens is 350 g/mol. The summed E-state index contributed by atoms with van der Waals surface area (Å²) in [4.78, 5) is 24.5. The van der Waals surface area contributed by atoms with Crippen LogP contribution in [0.25, 0.3) is 5.69 Å². The number of amides is 2. The summed E-state index contributed by atoms with van der Waals surface area (Å²) in [5.74, 6) is -0.383. The minimum absolute atomic E-state index is 0.271. The van der Waals surface area contributed by atoms with Crippen molar-refractivity contribution in [3.05, 3.63) is 82.7 Å². The van der Waals surface area contributed by atoms with E-state index in [1.165, 1.54) is 5.56 Å². The number of aromatic nitrogens is 1. The van der Waals surface area contributed by atoms with Crippen molar-refractivity contribution in [2.24, 2.45) is 5.73 Å². The van der Waals surface area contributed by atoms with Crippen molar-refractivity contribution in [2.75, 3.05) is 5.32 Å². The van der Waals surface area contributed by atoms with E-state index in [0.29, 0.717) is 17.2 Å². The van der Waals surface area contributed by atoms with E-state index in [1.54, 1.807) is 24.3 Å². The van der Waals surface area contributed by atoms with Gasteiger partial charge in [0.1, 0.15) is 0 Å². The molecule has 5 heteroatoms. The molecule has 0 aliphatic heterocycles. The first kappa shape index (κ1) is 19.4. The molecule has 0 radical (unpaired) electrons. The minimum atomic E-state index is -0.577. The lowest BCUT2D eigenvalue weighted by Crippen LogP contribution is -2.18. The van der Waals surface area contributed by atoms with E-state index in [1.807, 2.05) is 19.9 Å². The van der Waals surface area contributed by atoms with Crippen molar-refractivity contribution < 1.29 is 9.59 Å². The third kappa shape index (κ3) is 3.69. The summed E-state index contributed by atoms with van der Waals surface area (Å²) in [6.07, 6.45) is 0. The first-order valence-electron chi connectivity index (χ1n) is 9.29. The molecule has 0 aliphatic rings. The van der Waals surface area contributed by atoms with E-state index in [4.69, 9.17) is 5.73 Å². The van der Waals surface area contributed by atoms with Crippen LogP contribution in [0.1, 0.15) is 57.4 Å². The Bertz CT molecular complexity index is 1030. The average Bonchev–Trinajstić information content (AvgIpc) is 2.96. The summed E-state index contributed by atoms with van der Waals surface area (Å²) in [5.41, 5.74) is 10.7. The summed E-state index contributed by atoms with van der Waals surface area (Å²) in [6.45, 7) is 8.21. The number of nitrogens with two attached hydrogens (primary N) is 1. The highest BCUT2D eigenvalue weighted by atomic mass is 16.2. The number of rotatable bonds is 5. The fourth-order valence-corrected chi connectivity index (χ4v) is 3.39. The Morgan fingerprint density at radius 2 is 1.61 bits per heavy atom. The van der Waals surface area contributed by atoms with E-state index >= 15 is 0 Å². The smallest absolute Gasteiger partial charge is 0.257 e. The molecule has 0 saturated heterocycles. The number of carbonyl (C=O) groups is 2. The van der Waals surface area contributed by atoms with Gasteiger partial charge in [0.05, 0.1) is 16.8 Å². The van der Waals surface area contributed by atoms with Crippen molar-refractivity contribution in [2.45, 2.75) is 33.6 Å². The Morgan fingerprint density at radius 1 is 0.964 bits per heavy atom. The quantitative estimate of drug-likeness (QED) is 0.685. The number of aryl methyl sites for hydroxylation is 1. The molecule has 0 aliphatic carbocycles. The standard InChI is InChI=1S/C23H25N3O2/c1-14(2)17-9-11-18(12-10-17)26-15(3)13-20(16(26)4)23(28)25-21-8-6-5-7-19(21)22(24)27/h5-14H,1-4H3,(H2,24,27)(H,25,28). The van der Waals surface area contributed by atoms with Crippen LogP contribution in [-0.2, 0) is 0 Å². The predicted octanol–water partition coefficient (Wildman–Crippen LogP) is 4.57. The zero-order valence-corrected chi connectivity index (χ0v) is 16.6. The van der Waals surface area contributed by atoms with Crippen LogP contribution in [-0.4, -0.2) is 16.4 Å². The van der Waals surface area contributed by atoms with E-state index in [2.05, 4.69) is 48.0 Å². The van der Waals surface area contributed by atoms with E-state index in [-0.39, 0.29) is 11.5 Å². The fourth-order valence-electron chi connectivity index (χ4n) is 3.39. The Labute approximate surface area is 165 Å². The van der Waals surface area contributed by atoms with Gasteiger partial charge in [0, 0.05) is 17.1 Å².